The molecule has 20 heavy (non-hydrogen) atoms. The number of alkyl halides is 1. The summed E-state index contributed by atoms with van der Waals surface area (Å²) in [5, 5.41) is -3.13. The highest BCUT2D eigenvalue weighted by Gasteiger charge is 2.62. The van der Waals surface area contributed by atoms with Crippen LogP contribution in [0.3, 0.4) is 0 Å². The molecule has 4 aliphatic rings. The summed E-state index contributed by atoms with van der Waals surface area (Å²) < 4.78 is 46.7. The predicted octanol–water partition coefficient (Wildman–Crippen LogP) is 2.74. The summed E-state index contributed by atoms with van der Waals surface area (Å²) in [7, 11) is -5.02. The maximum atomic E-state index is 14.7. The molecule has 0 spiro atoms. The Morgan fingerprint density at radius 1 is 1.20 bits per heavy atom. The first kappa shape index (κ1) is 14.4. The maximum Gasteiger partial charge on any atom is 0.307 e. The van der Waals surface area contributed by atoms with Crippen LogP contribution in [-0.4, -0.2) is 23.8 Å². The molecule has 6 heteroatoms. The number of carbonyl (C=O) groups excluding carboxylic acids is 1. The van der Waals surface area contributed by atoms with Crippen molar-refractivity contribution < 1.29 is 22.2 Å². The van der Waals surface area contributed by atoms with Gasteiger partial charge in [-0.15, -0.1) is 0 Å². The Balaban J connectivity index is 1.98. The fourth-order valence-corrected chi connectivity index (χ4v) is 6.06. The van der Waals surface area contributed by atoms with Crippen molar-refractivity contribution in [3.05, 3.63) is 0 Å². The Hall–Kier alpha value is -0.490. The molecule has 1 atom stereocenters. The summed E-state index contributed by atoms with van der Waals surface area (Å²) in [4.78, 5) is 12.7. The van der Waals surface area contributed by atoms with Gasteiger partial charge in [-0.05, 0) is 56.3 Å². The van der Waals surface area contributed by atoms with Crippen LogP contribution in [0.2, 0.25) is 0 Å². The molecule has 4 nitrogen and oxygen atoms in total. The molecule has 1 unspecified atom stereocenters. The highest BCUT2D eigenvalue weighted by molar-refractivity contribution is 7.87. The molecule has 0 aromatic heterocycles. The molecule has 4 saturated carbocycles. The van der Waals surface area contributed by atoms with Crippen LogP contribution in [0.4, 0.5) is 4.39 Å². The van der Waals surface area contributed by atoms with Crippen LogP contribution in [0.1, 0.15) is 51.9 Å². The van der Waals surface area contributed by atoms with Gasteiger partial charge in [0.05, 0.1) is 0 Å². The summed E-state index contributed by atoms with van der Waals surface area (Å²) >= 11 is 0. The standard InChI is InChI=1S/C14H21FO4S/c1-2-14(15,20(17,18)19)12(16)13-6-9-3-10(7-13)5-11(4-9)8-13/h9-11H,2-8H2,1H3,(H,17,18,19). The third-order valence-corrected chi connectivity index (χ3v) is 7.01. The summed E-state index contributed by atoms with van der Waals surface area (Å²) in [6.45, 7) is 1.30. The van der Waals surface area contributed by atoms with Crippen LogP contribution in [0.5, 0.6) is 0 Å². The molecule has 0 aliphatic heterocycles. The van der Waals surface area contributed by atoms with Crippen LogP contribution < -0.4 is 0 Å². The van der Waals surface area contributed by atoms with Crippen LogP contribution in [-0.2, 0) is 14.9 Å². The minimum absolute atomic E-state index is 0.424. The second-order valence-electron chi connectivity index (χ2n) is 7.08. The second-order valence-corrected chi connectivity index (χ2v) is 8.68. The predicted molar refractivity (Wildman–Crippen MR) is 71.3 cm³/mol. The second kappa shape index (κ2) is 4.26. The fourth-order valence-electron chi connectivity index (χ4n) is 5.24. The highest BCUT2D eigenvalue weighted by Crippen LogP contribution is 2.61. The summed E-state index contributed by atoms with van der Waals surface area (Å²) in [5.41, 5.74) is -0.852. The average molecular weight is 304 g/mol. The number of hydrogen-bond donors (Lipinski definition) is 1. The molecule has 1 N–H and O–H groups in total. The van der Waals surface area contributed by atoms with E-state index in [-0.39, 0.29) is 0 Å². The SMILES string of the molecule is CCC(F)(C(=O)C12CC3CC(CC(C3)C1)C2)S(=O)(=O)O. The zero-order valence-corrected chi connectivity index (χ0v) is 12.5. The minimum atomic E-state index is -5.02. The molecule has 4 fully saturated rings. The summed E-state index contributed by atoms with van der Waals surface area (Å²) in [5.74, 6) is 0.391. The first-order valence-electron chi connectivity index (χ1n) is 7.41. The Kier molecular flexibility index (Phi) is 3.08. The van der Waals surface area contributed by atoms with Gasteiger partial charge in [0.2, 0.25) is 0 Å². The van der Waals surface area contributed by atoms with Gasteiger partial charge in [-0.3, -0.25) is 9.35 Å². The Labute approximate surface area is 118 Å². The molecule has 0 aromatic carbocycles. The van der Waals surface area contributed by atoms with Gasteiger partial charge >= 0.3 is 10.1 Å². The Morgan fingerprint density at radius 2 is 1.60 bits per heavy atom. The smallest absolute Gasteiger partial charge is 0.294 e. The highest BCUT2D eigenvalue weighted by atomic mass is 32.2. The van der Waals surface area contributed by atoms with Crippen molar-refractivity contribution in [2.75, 3.05) is 0 Å². The normalized spacial score (nSPS) is 42.5. The van der Waals surface area contributed by atoms with Crippen LogP contribution >= 0.6 is 0 Å². The first-order valence-corrected chi connectivity index (χ1v) is 8.85. The largest absolute Gasteiger partial charge is 0.307 e. The number of carbonyl (C=O) groups is 1. The van der Waals surface area contributed by atoms with Crippen molar-refractivity contribution in [1.82, 2.24) is 0 Å². The Morgan fingerprint density at radius 3 is 1.90 bits per heavy atom. The van der Waals surface area contributed by atoms with Crippen LogP contribution in [0.25, 0.3) is 0 Å². The zero-order valence-electron chi connectivity index (χ0n) is 11.6. The molecule has 0 amide bonds. The molecular formula is C14H21FO4S. The van der Waals surface area contributed by atoms with E-state index in [2.05, 4.69) is 0 Å². The van der Waals surface area contributed by atoms with Gasteiger partial charge in [-0.25, -0.2) is 4.39 Å². The Bertz CT molecular complexity index is 506. The monoisotopic (exact) mass is 304 g/mol. The molecule has 0 radical (unpaired) electrons. The van der Waals surface area contributed by atoms with Gasteiger partial charge < -0.3 is 0 Å². The van der Waals surface area contributed by atoms with E-state index in [0.717, 1.165) is 19.3 Å². The van der Waals surface area contributed by atoms with Crippen molar-refractivity contribution in [2.45, 2.75) is 56.9 Å². The lowest BCUT2D eigenvalue weighted by atomic mass is 9.48. The lowest BCUT2D eigenvalue weighted by molar-refractivity contribution is -0.151. The van der Waals surface area contributed by atoms with Crippen LogP contribution in [0, 0.1) is 23.2 Å². The zero-order chi connectivity index (χ0) is 14.8. The van der Waals surface area contributed by atoms with E-state index in [1.54, 1.807) is 0 Å². The number of hydrogen-bond acceptors (Lipinski definition) is 3. The van der Waals surface area contributed by atoms with Crippen molar-refractivity contribution >= 4 is 15.9 Å². The van der Waals surface area contributed by atoms with E-state index >= 15 is 0 Å². The molecule has 4 aliphatic carbocycles. The average Bonchev–Trinajstić information content (AvgIpc) is 2.33. The van der Waals surface area contributed by atoms with E-state index in [4.69, 9.17) is 0 Å². The molecule has 4 rings (SSSR count). The van der Waals surface area contributed by atoms with Crippen molar-refractivity contribution in [3.8, 4) is 0 Å². The molecule has 0 saturated heterocycles. The summed E-state index contributed by atoms with van der Waals surface area (Å²) in [6.07, 6.45) is 4.53. The topological polar surface area (TPSA) is 71.4 Å². The van der Waals surface area contributed by atoms with Gasteiger partial charge in [-0.1, -0.05) is 6.92 Å². The van der Waals surface area contributed by atoms with E-state index < -0.39 is 32.7 Å². The van der Waals surface area contributed by atoms with Gasteiger partial charge in [0, 0.05) is 11.8 Å². The third-order valence-electron chi connectivity index (χ3n) is 5.72. The lowest BCUT2D eigenvalue weighted by Crippen LogP contribution is -2.57. The number of ketones is 1. The molecule has 0 aromatic rings. The van der Waals surface area contributed by atoms with Gasteiger partial charge in [0.25, 0.3) is 5.00 Å². The molecular weight excluding hydrogens is 283 g/mol. The number of rotatable bonds is 4. The minimum Gasteiger partial charge on any atom is -0.294 e. The van der Waals surface area contributed by atoms with Gasteiger partial charge in [0.15, 0.2) is 5.78 Å². The number of halogens is 1. The maximum absolute atomic E-state index is 14.7. The molecule has 4 bridgehead atoms. The van der Waals surface area contributed by atoms with Crippen molar-refractivity contribution in [1.29, 1.82) is 0 Å². The van der Waals surface area contributed by atoms with Crippen molar-refractivity contribution in [3.63, 3.8) is 0 Å². The summed E-state index contributed by atoms with van der Waals surface area (Å²) in [6, 6.07) is 0. The third kappa shape index (κ3) is 1.87. The van der Waals surface area contributed by atoms with E-state index in [1.165, 1.54) is 6.92 Å². The van der Waals surface area contributed by atoms with E-state index in [1.807, 2.05) is 0 Å². The van der Waals surface area contributed by atoms with Crippen LogP contribution in [0.15, 0.2) is 0 Å². The quantitative estimate of drug-likeness (QED) is 0.811. The fraction of sp³-hybridized carbons (Fsp3) is 0.929. The van der Waals surface area contributed by atoms with Crippen molar-refractivity contribution in [2.24, 2.45) is 23.2 Å². The molecule has 0 heterocycles. The van der Waals surface area contributed by atoms with Gasteiger partial charge in [0.1, 0.15) is 0 Å². The molecule has 114 valence electrons. The first-order chi connectivity index (χ1) is 9.20. The number of Topliss-reactive ketones (excluding diaryl/α,β-unsaturated/α-hetero) is 1. The lowest BCUT2D eigenvalue weighted by Gasteiger charge is -2.56. The van der Waals surface area contributed by atoms with Gasteiger partial charge in [-0.2, -0.15) is 8.42 Å². The van der Waals surface area contributed by atoms with E-state index in [0.29, 0.717) is 37.0 Å². The van der Waals surface area contributed by atoms with E-state index in [9.17, 15) is 22.2 Å².